The number of carbonyl (C=O) groups excluding carboxylic acids is 1. The van der Waals surface area contributed by atoms with Gasteiger partial charge in [0.05, 0.1) is 5.92 Å². The fraction of sp³-hybridized carbons (Fsp3) is 0.941. The van der Waals surface area contributed by atoms with Gasteiger partial charge in [-0.3, -0.25) is 4.79 Å². The number of ether oxygens (including phenoxy) is 1. The third-order valence-electron chi connectivity index (χ3n) is 4.79. The number of carbonyl (C=O) groups is 1. The van der Waals surface area contributed by atoms with Crippen molar-refractivity contribution >= 4 is 5.97 Å². The van der Waals surface area contributed by atoms with Crippen LogP contribution in [0, 0.1) is 17.8 Å². The molecule has 0 amide bonds. The quantitative estimate of drug-likeness (QED) is 0.658. The molecular formula is C17H34O2. The van der Waals surface area contributed by atoms with Crippen molar-refractivity contribution in [2.24, 2.45) is 17.8 Å². The second-order valence-electron chi connectivity index (χ2n) is 5.99. The lowest BCUT2D eigenvalue weighted by Crippen LogP contribution is -2.34. The molecule has 2 heteroatoms. The first kappa shape index (κ1) is 18.5. The maximum Gasteiger partial charge on any atom is 0.308 e. The van der Waals surface area contributed by atoms with Crippen molar-refractivity contribution in [3.8, 4) is 0 Å². The monoisotopic (exact) mass is 270 g/mol. The molecule has 0 spiro atoms. The Morgan fingerprint density at radius 1 is 1.11 bits per heavy atom. The standard InChI is InChI=1S/C15H26O2.2CH4/c1-3-11(2)15(16)17-14-9-8-12-6-4-5-7-13(12)10-14;;/h11-14H,3-10H2,1-2H3;2*1H4. The lowest BCUT2D eigenvalue weighted by atomic mass is 9.70. The summed E-state index contributed by atoms with van der Waals surface area (Å²) in [5, 5.41) is 0. The lowest BCUT2D eigenvalue weighted by Gasteiger charge is -2.39. The third kappa shape index (κ3) is 4.81. The molecule has 0 saturated heterocycles. The van der Waals surface area contributed by atoms with E-state index in [0.717, 1.165) is 31.1 Å². The number of fused-ring (bicyclic) bond motifs is 1. The van der Waals surface area contributed by atoms with Crippen LogP contribution in [-0.2, 0) is 9.53 Å². The summed E-state index contributed by atoms with van der Waals surface area (Å²) in [4.78, 5) is 11.8. The molecule has 0 aromatic rings. The highest BCUT2D eigenvalue weighted by Crippen LogP contribution is 2.41. The molecule has 0 radical (unpaired) electrons. The van der Waals surface area contributed by atoms with Crippen LogP contribution in [0.3, 0.4) is 0 Å². The molecule has 4 atom stereocenters. The van der Waals surface area contributed by atoms with Crippen LogP contribution in [0.2, 0.25) is 0 Å². The molecule has 2 aliphatic carbocycles. The summed E-state index contributed by atoms with van der Waals surface area (Å²) < 4.78 is 5.65. The van der Waals surface area contributed by atoms with Gasteiger partial charge in [-0.15, -0.1) is 0 Å². The van der Waals surface area contributed by atoms with Gasteiger partial charge < -0.3 is 4.74 Å². The summed E-state index contributed by atoms with van der Waals surface area (Å²) in [6, 6.07) is 0. The summed E-state index contributed by atoms with van der Waals surface area (Å²) in [5.41, 5.74) is 0. The zero-order valence-corrected chi connectivity index (χ0v) is 11.3. The van der Waals surface area contributed by atoms with Crippen molar-refractivity contribution in [1.82, 2.24) is 0 Å². The Labute approximate surface area is 120 Å². The average Bonchev–Trinajstić information content (AvgIpc) is 2.37. The molecule has 0 aromatic carbocycles. The minimum absolute atomic E-state index is 0. The Morgan fingerprint density at radius 3 is 2.37 bits per heavy atom. The van der Waals surface area contributed by atoms with E-state index in [4.69, 9.17) is 4.74 Å². The van der Waals surface area contributed by atoms with Crippen molar-refractivity contribution in [2.75, 3.05) is 0 Å². The smallest absolute Gasteiger partial charge is 0.308 e. The molecule has 0 aliphatic heterocycles. The van der Waals surface area contributed by atoms with Crippen LogP contribution in [0.1, 0.15) is 80.1 Å². The molecular weight excluding hydrogens is 236 g/mol. The molecule has 2 aliphatic rings. The number of hydrogen-bond donors (Lipinski definition) is 0. The first-order chi connectivity index (χ1) is 8.20. The van der Waals surface area contributed by atoms with Gasteiger partial charge in [-0.2, -0.15) is 0 Å². The van der Waals surface area contributed by atoms with Gasteiger partial charge in [-0.05, 0) is 37.5 Å². The second-order valence-corrected chi connectivity index (χ2v) is 5.99. The van der Waals surface area contributed by atoms with Crippen LogP contribution >= 0.6 is 0 Å². The van der Waals surface area contributed by atoms with Crippen LogP contribution in [0.4, 0.5) is 0 Å². The van der Waals surface area contributed by atoms with Gasteiger partial charge in [0, 0.05) is 0 Å². The summed E-state index contributed by atoms with van der Waals surface area (Å²) in [5.74, 6) is 1.86. The van der Waals surface area contributed by atoms with Gasteiger partial charge in [-0.25, -0.2) is 0 Å². The Balaban J connectivity index is 0.00000162. The van der Waals surface area contributed by atoms with E-state index in [0.29, 0.717) is 0 Å². The predicted molar refractivity (Wildman–Crippen MR) is 82.1 cm³/mol. The summed E-state index contributed by atoms with van der Waals surface area (Å²) >= 11 is 0. The maximum absolute atomic E-state index is 11.8. The lowest BCUT2D eigenvalue weighted by molar-refractivity contribution is -0.157. The van der Waals surface area contributed by atoms with Crippen molar-refractivity contribution in [2.45, 2.75) is 86.2 Å². The fourth-order valence-electron chi connectivity index (χ4n) is 3.38. The van der Waals surface area contributed by atoms with Crippen molar-refractivity contribution in [1.29, 1.82) is 0 Å². The molecule has 0 aromatic heterocycles. The zero-order valence-electron chi connectivity index (χ0n) is 11.3. The maximum atomic E-state index is 11.8. The zero-order chi connectivity index (χ0) is 12.3. The van der Waals surface area contributed by atoms with E-state index in [2.05, 4.69) is 0 Å². The minimum Gasteiger partial charge on any atom is -0.462 e. The molecule has 2 saturated carbocycles. The Hall–Kier alpha value is -0.530. The topological polar surface area (TPSA) is 26.3 Å². The summed E-state index contributed by atoms with van der Waals surface area (Å²) in [6.45, 7) is 4.01. The van der Waals surface area contributed by atoms with E-state index in [1.807, 2.05) is 13.8 Å². The molecule has 2 fully saturated rings. The Morgan fingerprint density at radius 2 is 1.74 bits per heavy atom. The van der Waals surface area contributed by atoms with Gasteiger partial charge in [0.2, 0.25) is 0 Å². The Kier molecular flexibility index (Phi) is 8.36. The number of esters is 1. The minimum atomic E-state index is 0. The van der Waals surface area contributed by atoms with Crippen LogP contribution < -0.4 is 0 Å². The van der Waals surface area contributed by atoms with Crippen molar-refractivity contribution in [3.05, 3.63) is 0 Å². The number of hydrogen-bond acceptors (Lipinski definition) is 2. The predicted octanol–water partition coefficient (Wildman–Crippen LogP) is 5.21. The molecule has 2 rings (SSSR count). The highest BCUT2D eigenvalue weighted by atomic mass is 16.5. The van der Waals surface area contributed by atoms with Gasteiger partial charge in [0.15, 0.2) is 0 Å². The first-order valence-electron chi connectivity index (χ1n) is 7.41. The van der Waals surface area contributed by atoms with Gasteiger partial charge >= 0.3 is 5.97 Å². The van der Waals surface area contributed by atoms with E-state index in [1.54, 1.807) is 0 Å². The van der Waals surface area contributed by atoms with Gasteiger partial charge in [-0.1, -0.05) is 54.4 Å². The van der Waals surface area contributed by atoms with Crippen LogP contribution in [0.15, 0.2) is 0 Å². The van der Waals surface area contributed by atoms with E-state index in [9.17, 15) is 4.79 Å². The van der Waals surface area contributed by atoms with E-state index in [1.165, 1.54) is 32.1 Å². The summed E-state index contributed by atoms with van der Waals surface area (Å²) in [6.07, 6.45) is 10.2. The highest BCUT2D eigenvalue weighted by Gasteiger charge is 2.34. The number of rotatable bonds is 3. The third-order valence-corrected chi connectivity index (χ3v) is 4.79. The molecule has 2 nitrogen and oxygen atoms in total. The van der Waals surface area contributed by atoms with Gasteiger partial charge in [0.25, 0.3) is 0 Å². The van der Waals surface area contributed by atoms with Crippen molar-refractivity contribution in [3.63, 3.8) is 0 Å². The SMILES string of the molecule is C.C.CCC(C)C(=O)OC1CCC2CCCCC2C1. The molecule has 0 N–H and O–H groups in total. The largest absolute Gasteiger partial charge is 0.462 e. The van der Waals surface area contributed by atoms with Crippen LogP contribution in [0.25, 0.3) is 0 Å². The Bertz CT molecular complexity index is 262. The normalized spacial score (nSPS) is 31.2. The molecule has 114 valence electrons. The van der Waals surface area contributed by atoms with Crippen molar-refractivity contribution < 1.29 is 9.53 Å². The van der Waals surface area contributed by atoms with Crippen LogP contribution in [-0.4, -0.2) is 12.1 Å². The highest BCUT2D eigenvalue weighted by molar-refractivity contribution is 5.72. The van der Waals surface area contributed by atoms with E-state index in [-0.39, 0.29) is 32.8 Å². The van der Waals surface area contributed by atoms with Crippen LogP contribution in [0.5, 0.6) is 0 Å². The average molecular weight is 270 g/mol. The molecule has 4 unspecified atom stereocenters. The van der Waals surface area contributed by atoms with E-state index < -0.39 is 0 Å². The molecule has 0 heterocycles. The first-order valence-corrected chi connectivity index (χ1v) is 7.41. The molecule has 0 bridgehead atoms. The second kappa shape index (κ2) is 8.60. The molecule has 19 heavy (non-hydrogen) atoms. The summed E-state index contributed by atoms with van der Waals surface area (Å²) in [7, 11) is 0. The van der Waals surface area contributed by atoms with Gasteiger partial charge in [0.1, 0.15) is 6.10 Å². The van der Waals surface area contributed by atoms with E-state index >= 15 is 0 Å². The fourth-order valence-corrected chi connectivity index (χ4v) is 3.38.